The van der Waals surface area contributed by atoms with Gasteiger partial charge >= 0.3 is 12.1 Å². The van der Waals surface area contributed by atoms with Crippen LogP contribution in [0.3, 0.4) is 0 Å². The SMILES string of the molecule is COC(=O)/C(N)=C(/N)c1cc2ccc(C(F)(F)F)cc2cn1. The van der Waals surface area contributed by atoms with Gasteiger partial charge in [-0.25, -0.2) is 4.79 Å². The largest absolute Gasteiger partial charge is 0.464 e. The number of nitrogens with zero attached hydrogens (tertiary/aromatic N) is 1. The van der Waals surface area contributed by atoms with Gasteiger partial charge in [-0.1, -0.05) is 6.07 Å². The fourth-order valence-corrected chi connectivity index (χ4v) is 1.82. The minimum absolute atomic E-state index is 0.103. The standard InChI is InChI=1S/C14H12F3N3O2/c1-22-13(21)12(19)11(18)10-5-7-2-3-9(14(15,16)17)4-8(7)6-20-10/h2-6H,18-19H2,1H3/b12-11-. The number of nitrogens with two attached hydrogens (primary N) is 2. The van der Waals surface area contributed by atoms with Gasteiger partial charge in [0.05, 0.1) is 24.1 Å². The first-order valence-electron chi connectivity index (χ1n) is 6.05. The topological polar surface area (TPSA) is 91.2 Å². The molecule has 0 bridgehead atoms. The number of carbonyl (C=O) groups excluding carboxylic acids is 1. The number of hydrogen-bond donors (Lipinski definition) is 2. The average molecular weight is 311 g/mol. The van der Waals surface area contributed by atoms with Gasteiger partial charge in [0.2, 0.25) is 0 Å². The summed E-state index contributed by atoms with van der Waals surface area (Å²) in [6.07, 6.45) is -3.20. The second-order valence-corrected chi connectivity index (χ2v) is 4.45. The molecule has 0 aliphatic rings. The number of ether oxygens (including phenoxy) is 1. The van der Waals surface area contributed by atoms with Crippen LogP contribution < -0.4 is 11.5 Å². The molecular formula is C14H12F3N3O2. The molecular weight excluding hydrogens is 299 g/mol. The Kier molecular flexibility index (Phi) is 3.94. The van der Waals surface area contributed by atoms with Crippen LogP contribution in [0.25, 0.3) is 16.5 Å². The number of halogens is 3. The van der Waals surface area contributed by atoms with Gasteiger partial charge in [0.15, 0.2) is 0 Å². The first kappa shape index (κ1) is 15.6. The van der Waals surface area contributed by atoms with E-state index in [1.807, 2.05) is 0 Å². The summed E-state index contributed by atoms with van der Waals surface area (Å²) >= 11 is 0. The molecule has 22 heavy (non-hydrogen) atoms. The Labute approximate surface area is 123 Å². The molecule has 0 spiro atoms. The number of alkyl halides is 3. The molecule has 0 aliphatic heterocycles. The molecule has 1 aromatic heterocycles. The summed E-state index contributed by atoms with van der Waals surface area (Å²) < 4.78 is 42.4. The number of rotatable bonds is 2. The molecule has 0 saturated carbocycles. The molecule has 2 aromatic rings. The van der Waals surface area contributed by atoms with Crippen LogP contribution in [0, 0.1) is 0 Å². The van der Waals surface area contributed by atoms with Crippen LogP contribution in [0.5, 0.6) is 0 Å². The third-order valence-corrected chi connectivity index (χ3v) is 3.02. The second kappa shape index (κ2) is 5.55. The maximum Gasteiger partial charge on any atom is 0.416 e. The van der Waals surface area contributed by atoms with Crippen molar-refractivity contribution in [1.29, 1.82) is 0 Å². The van der Waals surface area contributed by atoms with E-state index in [-0.39, 0.29) is 17.1 Å². The lowest BCUT2D eigenvalue weighted by molar-refractivity contribution is -0.137. The molecule has 0 unspecified atom stereocenters. The van der Waals surface area contributed by atoms with E-state index in [9.17, 15) is 18.0 Å². The van der Waals surface area contributed by atoms with Crippen molar-refractivity contribution in [2.45, 2.75) is 6.18 Å². The summed E-state index contributed by atoms with van der Waals surface area (Å²) in [6.45, 7) is 0. The van der Waals surface area contributed by atoms with E-state index in [2.05, 4.69) is 9.72 Å². The lowest BCUT2D eigenvalue weighted by Gasteiger charge is -2.09. The first-order chi connectivity index (χ1) is 10.2. The zero-order chi connectivity index (χ0) is 16.5. The number of hydrogen-bond acceptors (Lipinski definition) is 5. The highest BCUT2D eigenvalue weighted by molar-refractivity contribution is 5.96. The van der Waals surface area contributed by atoms with Crippen molar-refractivity contribution < 1.29 is 22.7 Å². The van der Waals surface area contributed by atoms with Crippen molar-refractivity contribution in [3.8, 4) is 0 Å². The van der Waals surface area contributed by atoms with E-state index in [1.165, 1.54) is 18.3 Å². The summed E-state index contributed by atoms with van der Waals surface area (Å²) in [4.78, 5) is 15.2. The minimum atomic E-state index is -4.43. The number of pyridine rings is 1. The molecule has 116 valence electrons. The summed E-state index contributed by atoms with van der Waals surface area (Å²) in [7, 11) is 1.15. The molecule has 4 N–H and O–H groups in total. The van der Waals surface area contributed by atoms with Crippen LogP contribution in [0.1, 0.15) is 11.3 Å². The minimum Gasteiger partial charge on any atom is -0.464 e. The average Bonchev–Trinajstić information content (AvgIpc) is 2.50. The quantitative estimate of drug-likeness (QED) is 0.654. The highest BCUT2D eigenvalue weighted by Crippen LogP contribution is 2.31. The summed E-state index contributed by atoms with van der Waals surface area (Å²) in [5.74, 6) is -0.813. The fourth-order valence-electron chi connectivity index (χ4n) is 1.82. The maximum atomic E-state index is 12.6. The van der Waals surface area contributed by atoms with Crippen molar-refractivity contribution in [2.75, 3.05) is 7.11 Å². The van der Waals surface area contributed by atoms with Crippen LogP contribution in [0.15, 0.2) is 36.2 Å². The highest BCUT2D eigenvalue weighted by atomic mass is 19.4. The Morgan fingerprint density at radius 2 is 1.86 bits per heavy atom. The van der Waals surface area contributed by atoms with Crippen LogP contribution in [-0.2, 0) is 15.7 Å². The molecule has 0 atom stereocenters. The third-order valence-electron chi connectivity index (χ3n) is 3.02. The number of aromatic nitrogens is 1. The molecule has 1 heterocycles. The Balaban J connectivity index is 2.51. The van der Waals surface area contributed by atoms with Crippen molar-refractivity contribution >= 4 is 22.4 Å². The Bertz CT molecular complexity index is 770. The number of esters is 1. The molecule has 1 aromatic carbocycles. The summed E-state index contributed by atoms with van der Waals surface area (Å²) in [5.41, 5.74) is 10.2. The van der Waals surface area contributed by atoms with Crippen molar-refractivity contribution in [3.63, 3.8) is 0 Å². The predicted octanol–water partition coefficient (Wildman–Crippen LogP) is 2.01. The molecule has 0 radical (unpaired) electrons. The van der Waals surface area contributed by atoms with Gasteiger partial charge in [-0.3, -0.25) is 4.98 Å². The van der Waals surface area contributed by atoms with Crippen LogP contribution >= 0.6 is 0 Å². The Morgan fingerprint density at radius 1 is 1.18 bits per heavy atom. The maximum absolute atomic E-state index is 12.6. The van der Waals surface area contributed by atoms with E-state index in [1.54, 1.807) is 0 Å². The van der Waals surface area contributed by atoms with Gasteiger partial charge in [0.25, 0.3) is 0 Å². The van der Waals surface area contributed by atoms with E-state index in [0.29, 0.717) is 10.8 Å². The first-order valence-corrected chi connectivity index (χ1v) is 6.05. The molecule has 0 aliphatic carbocycles. The monoisotopic (exact) mass is 311 g/mol. The molecule has 5 nitrogen and oxygen atoms in total. The molecule has 2 rings (SSSR count). The van der Waals surface area contributed by atoms with Gasteiger partial charge in [-0.15, -0.1) is 0 Å². The normalized spacial score (nSPS) is 12.9. The Hall–Kier alpha value is -2.77. The lowest BCUT2D eigenvalue weighted by Crippen LogP contribution is -2.19. The zero-order valence-corrected chi connectivity index (χ0v) is 11.4. The predicted molar refractivity (Wildman–Crippen MR) is 74.1 cm³/mol. The van der Waals surface area contributed by atoms with E-state index < -0.39 is 17.7 Å². The molecule has 0 fully saturated rings. The van der Waals surface area contributed by atoms with Gasteiger partial charge < -0.3 is 16.2 Å². The summed E-state index contributed by atoms with van der Waals surface area (Å²) in [5, 5.41) is 0.779. The third kappa shape index (κ3) is 2.95. The molecule has 0 amide bonds. The number of carbonyl (C=O) groups is 1. The van der Waals surface area contributed by atoms with Gasteiger partial charge in [-0.05, 0) is 23.6 Å². The second-order valence-electron chi connectivity index (χ2n) is 4.45. The lowest BCUT2D eigenvalue weighted by atomic mass is 10.1. The summed E-state index contributed by atoms with van der Waals surface area (Å²) in [6, 6.07) is 4.68. The molecule has 0 saturated heterocycles. The van der Waals surface area contributed by atoms with E-state index in [4.69, 9.17) is 11.5 Å². The van der Waals surface area contributed by atoms with Crippen molar-refractivity contribution in [3.05, 3.63) is 47.4 Å². The zero-order valence-electron chi connectivity index (χ0n) is 11.4. The highest BCUT2D eigenvalue weighted by Gasteiger charge is 2.30. The van der Waals surface area contributed by atoms with Gasteiger partial charge in [0, 0.05) is 11.6 Å². The van der Waals surface area contributed by atoms with Crippen molar-refractivity contribution in [1.82, 2.24) is 4.98 Å². The fraction of sp³-hybridized carbons (Fsp3) is 0.143. The number of methoxy groups -OCH3 is 1. The smallest absolute Gasteiger partial charge is 0.416 e. The number of benzene rings is 1. The van der Waals surface area contributed by atoms with Crippen LogP contribution in [-0.4, -0.2) is 18.1 Å². The Morgan fingerprint density at radius 3 is 2.45 bits per heavy atom. The van der Waals surface area contributed by atoms with Crippen molar-refractivity contribution in [2.24, 2.45) is 11.5 Å². The van der Waals surface area contributed by atoms with E-state index in [0.717, 1.165) is 19.2 Å². The van der Waals surface area contributed by atoms with Crippen LogP contribution in [0.4, 0.5) is 13.2 Å². The van der Waals surface area contributed by atoms with Crippen LogP contribution in [0.2, 0.25) is 0 Å². The van der Waals surface area contributed by atoms with E-state index >= 15 is 0 Å². The number of fused-ring (bicyclic) bond motifs is 1. The molecule has 8 heteroatoms. The van der Waals surface area contributed by atoms with Gasteiger partial charge in [-0.2, -0.15) is 13.2 Å². The van der Waals surface area contributed by atoms with Gasteiger partial charge in [0.1, 0.15) is 5.70 Å².